The van der Waals surface area contributed by atoms with Crippen molar-refractivity contribution in [3.05, 3.63) is 0 Å². The summed E-state index contributed by atoms with van der Waals surface area (Å²) in [5, 5.41) is 9.89. The van der Waals surface area contributed by atoms with Crippen LogP contribution in [0.15, 0.2) is 0 Å². The van der Waals surface area contributed by atoms with Crippen molar-refractivity contribution in [2.24, 2.45) is 0 Å². The molecule has 4 nitrogen and oxygen atoms in total. The fourth-order valence-corrected chi connectivity index (χ4v) is 0.831. The number of hydrogen-bond acceptors (Lipinski definition) is 2. The van der Waals surface area contributed by atoms with Gasteiger partial charge in [-0.05, 0) is 13.3 Å². The van der Waals surface area contributed by atoms with Crippen molar-refractivity contribution in [3.63, 3.8) is 0 Å². The van der Waals surface area contributed by atoms with Crippen LogP contribution in [-0.2, 0) is 9.59 Å². The first-order valence-corrected chi connectivity index (χ1v) is 4.36. The predicted molar refractivity (Wildman–Crippen MR) is 45.4 cm³/mol. The van der Waals surface area contributed by atoms with Crippen LogP contribution < -0.4 is 5.32 Å². The number of rotatable bonds is 6. The Balaban J connectivity index is 4.19. The number of nitrogens with one attached hydrogen (secondary N) is 1. The maximum atomic E-state index is 12.4. The van der Waals surface area contributed by atoms with E-state index in [-0.39, 0.29) is 12.8 Å². The first-order valence-electron chi connectivity index (χ1n) is 4.36. The Kier molecular flexibility index (Phi) is 5.19. The molecule has 0 fully saturated rings. The lowest BCUT2D eigenvalue weighted by Gasteiger charge is -2.18. The molecule has 1 atom stereocenters. The molecule has 16 heavy (non-hydrogen) atoms. The number of halogens is 4. The van der Waals surface area contributed by atoms with E-state index in [1.807, 2.05) is 0 Å². The van der Waals surface area contributed by atoms with E-state index in [4.69, 9.17) is 5.11 Å². The van der Waals surface area contributed by atoms with Crippen LogP contribution in [0.1, 0.15) is 19.8 Å². The summed E-state index contributed by atoms with van der Waals surface area (Å²) in [7, 11) is 0. The molecule has 0 aromatic carbocycles. The number of carbonyl (C=O) groups is 2. The molecule has 0 rings (SSSR count). The van der Waals surface area contributed by atoms with Gasteiger partial charge in [0.25, 0.3) is 5.91 Å². The van der Waals surface area contributed by atoms with Gasteiger partial charge in [-0.3, -0.25) is 9.59 Å². The van der Waals surface area contributed by atoms with E-state index in [1.165, 1.54) is 6.92 Å². The smallest absolute Gasteiger partial charge is 0.383 e. The average molecular weight is 245 g/mol. The lowest BCUT2D eigenvalue weighted by Crippen LogP contribution is -2.48. The summed E-state index contributed by atoms with van der Waals surface area (Å²) < 4.78 is 48.3. The van der Waals surface area contributed by atoms with Gasteiger partial charge >= 0.3 is 18.3 Å². The highest BCUT2D eigenvalue weighted by Crippen LogP contribution is 2.23. The minimum atomic E-state index is -4.75. The molecule has 2 N–H and O–H groups in total. The Morgan fingerprint density at radius 2 is 1.88 bits per heavy atom. The molecule has 1 amide bonds. The molecule has 0 saturated heterocycles. The van der Waals surface area contributed by atoms with E-state index in [0.717, 1.165) is 0 Å². The van der Waals surface area contributed by atoms with Gasteiger partial charge in [0.15, 0.2) is 0 Å². The minimum Gasteiger partial charge on any atom is -0.481 e. The van der Waals surface area contributed by atoms with Crippen LogP contribution in [-0.4, -0.2) is 35.4 Å². The van der Waals surface area contributed by atoms with E-state index >= 15 is 0 Å². The average Bonchev–Trinajstić information content (AvgIpc) is 2.14. The molecule has 1 unspecified atom stereocenters. The highest BCUT2D eigenvalue weighted by Gasteiger charge is 2.49. The normalized spacial score (nSPS) is 13.6. The number of carbonyl (C=O) groups excluding carboxylic acids is 1. The molecule has 0 radical (unpaired) electrons. The van der Waals surface area contributed by atoms with Gasteiger partial charge in [0.1, 0.15) is 0 Å². The lowest BCUT2D eigenvalue weighted by atomic mass is 10.1. The standard InChI is InChI=1S/C8H11F4NO3/c1-4(2-3-5(14)15)13-7(16)8(11,12)6(9)10/h4,6H,2-3H2,1H3,(H,13,16)(H,14,15). The van der Waals surface area contributed by atoms with Gasteiger partial charge in [-0.15, -0.1) is 0 Å². The Morgan fingerprint density at radius 1 is 1.38 bits per heavy atom. The van der Waals surface area contributed by atoms with Crippen molar-refractivity contribution in [3.8, 4) is 0 Å². The second kappa shape index (κ2) is 5.66. The number of carboxylic acids is 1. The topological polar surface area (TPSA) is 66.4 Å². The summed E-state index contributed by atoms with van der Waals surface area (Å²) in [6.45, 7) is 1.25. The largest absolute Gasteiger partial charge is 0.481 e. The SMILES string of the molecule is CC(CCC(=O)O)NC(=O)C(F)(F)C(F)F. The molecule has 0 heterocycles. The first kappa shape index (κ1) is 14.7. The van der Waals surface area contributed by atoms with Gasteiger partial charge in [0, 0.05) is 12.5 Å². The second-order valence-electron chi connectivity index (χ2n) is 3.23. The summed E-state index contributed by atoms with van der Waals surface area (Å²) in [6, 6.07) is -0.909. The molecule has 8 heteroatoms. The van der Waals surface area contributed by atoms with Crippen molar-refractivity contribution in [2.45, 2.75) is 38.2 Å². The summed E-state index contributed by atoms with van der Waals surface area (Å²) in [4.78, 5) is 20.8. The van der Waals surface area contributed by atoms with E-state index in [0.29, 0.717) is 0 Å². The van der Waals surface area contributed by atoms with Gasteiger partial charge in [0.2, 0.25) is 0 Å². The third kappa shape index (κ3) is 4.45. The third-order valence-electron chi connectivity index (χ3n) is 1.75. The highest BCUT2D eigenvalue weighted by atomic mass is 19.3. The third-order valence-corrected chi connectivity index (χ3v) is 1.75. The summed E-state index contributed by atoms with van der Waals surface area (Å²) >= 11 is 0. The fourth-order valence-electron chi connectivity index (χ4n) is 0.831. The van der Waals surface area contributed by atoms with Crippen molar-refractivity contribution >= 4 is 11.9 Å². The van der Waals surface area contributed by atoms with Gasteiger partial charge in [0.05, 0.1) is 0 Å². The van der Waals surface area contributed by atoms with Gasteiger partial charge in [-0.2, -0.15) is 8.78 Å². The van der Waals surface area contributed by atoms with Crippen LogP contribution in [0.25, 0.3) is 0 Å². The maximum absolute atomic E-state index is 12.4. The molecule has 0 aromatic rings. The molecule has 0 aliphatic heterocycles. The predicted octanol–water partition coefficient (Wildman–Crippen LogP) is 1.26. The maximum Gasteiger partial charge on any atom is 0.383 e. The number of hydrogen-bond donors (Lipinski definition) is 2. The molecular formula is C8H11F4NO3. The van der Waals surface area contributed by atoms with Gasteiger partial charge < -0.3 is 10.4 Å². The Bertz CT molecular complexity index is 270. The van der Waals surface area contributed by atoms with Crippen LogP contribution in [0.2, 0.25) is 0 Å². The molecule has 0 aliphatic rings. The van der Waals surface area contributed by atoms with E-state index in [2.05, 4.69) is 0 Å². The quantitative estimate of drug-likeness (QED) is 0.692. The lowest BCUT2D eigenvalue weighted by molar-refractivity contribution is -0.170. The second-order valence-corrected chi connectivity index (χ2v) is 3.23. The van der Waals surface area contributed by atoms with Crippen LogP contribution in [0.4, 0.5) is 17.6 Å². The molecule has 0 saturated carbocycles. The van der Waals surface area contributed by atoms with E-state index in [9.17, 15) is 27.2 Å². The molecule has 0 aliphatic carbocycles. The van der Waals surface area contributed by atoms with Gasteiger partial charge in [-0.1, -0.05) is 0 Å². The minimum absolute atomic E-state index is 0.111. The zero-order valence-electron chi connectivity index (χ0n) is 8.34. The monoisotopic (exact) mass is 245 g/mol. The number of amides is 1. The Labute approximate surface area is 88.6 Å². The summed E-state index contributed by atoms with van der Waals surface area (Å²) in [6.07, 6.45) is -4.54. The molecule has 0 spiro atoms. The first-order chi connectivity index (χ1) is 7.17. The van der Waals surface area contributed by atoms with Crippen molar-refractivity contribution < 1.29 is 32.3 Å². The Hall–Kier alpha value is -1.34. The summed E-state index contributed by atoms with van der Waals surface area (Å²) in [5.74, 6) is -8.01. The molecule has 94 valence electrons. The van der Waals surface area contributed by atoms with Crippen LogP contribution in [0.5, 0.6) is 0 Å². The van der Waals surface area contributed by atoms with Crippen molar-refractivity contribution in [1.82, 2.24) is 5.32 Å². The number of alkyl halides is 4. The summed E-state index contributed by atoms with van der Waals surface area (Å²) in [5.41, 5.74) is 0. The number of carboxylic acid groups (broad SMARTS) is 1. The van der Waals surface area contributed by atoms with Crippen LogP contribution in [0.3, 0.4) is 0 Å². The Morgan fingerprint density at radius 3 is 2.25 bits per heavy atom. The molecule has 0 bridgehead atoms. The van der Waals surface area contributed by atoms with Crippen LogP contribution in [0, 0.1) is 0 Å². The zero-order valence-corrected chi connectivity index (χ0v) is 8.34. The van der Waals surface area contributed by atoms with Gasteiger partial charge in [-0.25, -0.2) is 8.78 Å². The molecule has 0 aromatic heterocycles. The zero-order chi connectivity index (χ0) is 12.9. The highest BCUT2D eigenvalue weighted by molar-refractivity contribution is 5.84. The van der Waals surface area contributed by atoms with Crippen LogP contribution >= 0.6 is 0 Å². The number of aliphatic carboxylic acids is 1. The van der Waals surface area contributed by atoms with Crippen molar-refractivity contribution in [1.29, 1.82) is 0 Å². The fraction of sp³-hybridized carbons (Fsp3) is 0.750. The van der Waals surface area contributed by atoms with E-state index < -0.39 is 30.3 Å². The molecular weight excluding hydrogens is 234 g/mol. The van der Waals surface area contributed by atoms with Crippen molar-refractivity contribution in [2.75, 3.05) is 0 Å². The van der Waals surface area contributed by atoms with E-state index in [1.54, 1.807) is 5.32 Å².